The number of esters is 1. The van der Waals surface area contributed by atoms with E-state index in [9.17, 15) is 9.59 Å². The molecule has 0 spiro atoms. The van der Waals surface area contributed by atoms with Gasteiger partial charge in [0.1, 0.15) is 0 Å². The van der Waals surface area contributed by atoms with Crippen molar-refractivity contribution in [1.29, 1.82) is 0 Å². The second-order valence-electron chi connectivity index (χ2n) is 4.33. The molecular weight excluding hydrogens is 280 g/mol. The molecule has 0 aromatic heterocycles. The van der Waals surface area contributed by atoms with Crippen molar-refractivity contribution in [2.75, 3.05) is 18.8 Å². The number of benzene rings is 1. The summed E-state index contributed by atoms with van der Waals surface area (Å²) in [6.07, 6.45) is -0.845. The highest BCUT2D eigenvalue weighted by Crippen LogP contribution is 2.18. The van der Waals surface area contributed by atoms with E-state index < -0.39 is 12.1 Å². The SMILES string of the molecule is CCN(CC)C(=O)C(C)OC(=O)c1cc(N)cc(Cl)c1. The molecule has 0 aliphatic heterocycles. The van der Waals surface area contributed by atoms with Crippen LogP contribution in [0.4, 0.5) is 5.69 Å². The van der Waals surface area contributed by atoms with Gasteiger partial charge in [0.25, 0.3) is 5.91 Å². The Labute approximate surface area is 123 Å². The average molecular weight is 299 g/mol. The van der Waals surface area contributed by atoms with Crippen LogP contribution in [0.3, 0.4) is 0 Å². The van der Waals surface area contributed by atoms with Gasteiger partial charge in [-0.25, -0.2) is 4.79 Å². The Morgan fingerprint density at radius 2 is 1.90 bits per heavy atom. The Morgan fingerprint density at radius 1 is 1.30 bits per heavy atom. The standard InChI is InChI=1S/C14H19ClN2O3/c1-4-17(5-2)13(18)9(3)20-14(19)10-6-11(15)8-12(16)7-10/h6-9H,4-5,16H2,1-3H3. The normalized spacial score (nSPS) is 11.8. The lowest BCUT2D eigenvalue weighted by Crippen LogP contribution is -2.39. The van der Waals surface area contributed by atoms with E-state index in [0.29, 0.717) is 23.8 Å². The number of nitrogens with zero attached hydrogens (tertiary/aromatic N) is 1. The maximum atomic E-state index is 12.0. The summed E-state index contributed by atoms with van der Waals surface area (Å²) in [6, 6.07) is 4.44. The first-order valence-corrected chi connectivity index (χ1v) is 6.82. The van der Waals surface area contributed by atoms with Crippen molar-refractivity contribution in [1.82, 2.24) is 4.90 Å². The minimum atomic E-state index is -0.845. The Balaban J connectivity index is 2.77. The molecule has 0 aliphatic carbocycles. The van der Waals surface area contributed by atoms with Crippen LogP contribution in [0.25, 0.3) is 0 Å². The molecule has 1 rings (SSSR count). The molecule has 0 bridgehead atoms. The second-order valence-corrected chi connectivity index (χ2v) is 4.77. The molecule has 110 valence electrons. The zero-order chi connectivity index (χ0) is 15.3. The molecule has 1 aromatic carbocycles. The van der Waals surface area contributed by atoms with E-state index in [0.717, 1.165) is 0 Å². The Hall–Kier alpha value is -1.75. The number of likely N-dealkylation sites (N-methyl/N-ethyl adjacent to an activating group) is 1. The summed E-state index contributed by atoms with van der Waals surface area (Å²) >= 11 is 5.83. The van der Waals surface area contributed by atoms with Crippen LogP contribution in [-0.4, -0.2) is 36.0 Å². The van der Waals surface area contributed by atoms with Gasteiger partial charge in [0, 0.05) is 23.8 Å². The number of hydrogen-bond acceptors (Lipinski definition) is 4. The molecule has 0 fully saturated rings. The Bertz CT molecular complexity index is 481. The van der Waals surface area contributed by atoms with Gasteiger partial charge in [-0.2, -0.15) is 0 Å². The lowest BCUT2D eigenvalue weighted by Gasteiger charge is -2.22. The van der Waals surface area contributed by atoms with Gasteiger partial charge in [0.05, 0.1) is 5.56 Å². The van der Waals surface area contributed by atoms with Crippen LogP contribution in [0.5, 0.6) is 0 Å². The highest BCUT2D eigenvalue weighted by molar-refractivity contribution is 6.31. The van der Waals surface area contributed by atoms with Gasteiger partial charge in [-0.15, -0.1) is 0 Å². The van der Waals surface area contributed by atoms with Gasteiger partial charge >= 0.3 is 5.97 Å². The van der Waals surface area contributed by atoms with Gasteiger partial charge in [0.2, 0.25) is 0 Å². The molecule has 5 nitrogen and oxygen atoms in total. The first-order valence-electron chi connectivity index (χ1n) is 6.44. The number of halogens is 1. The minimum absolute atomic E-state index is 0.224. The lowest BCUT2D eigenvalue weighted by molar-refractivity contribution is -0.139. The topological polar surface area (TPSA) is 72.6 Å². The molecule has 0 aliphatic rings. The number of ether oxygens (including phenoxy) is 1. The Morgan fingerprint density at radius 3 is 2.40 bits per heavy atom. The molecular formula is C14H19ClN2O3. The lowest BCUT2D eigenvalue weighted by atomic mass is 10.2. The highest BCUT2D eigenvalue weighted by Gasteiger charge is 2.22. The summed E-state index contributed by atoms with van der Waals surface area (Å²) in [4.78, 5) is 25.6. The van der Waals surface area contributed by atoms with E-state index in [-0.39, 0.29) is 11.5 Å². The van der Waals surface area contributed by atoms with E-state index in [4.69, 9.17) is 22.1 Å². The van der Waals surface area contributed by atoms with E-state index in [1.807, 2.05) is 13.8 Å². The molecule has 0 heterocycles. The molecule has 1 atom stereocenters. The van der Waals surface area contributed by atoms with Gasteiger partial charge < -0.3 is 15.4 Å². The zero-order valence-electron chi connectivity index (χ0n) is 11.9. The average Bonchev–Trinajstić information content (AvgIpc) is 2.38. The van der Waals surface area contributed by atoms with Crippen molar-refractivity contribution in [2.45, 2.75) is 26.9 Å². The highest BCUT2D eigenvalue weighted by atomic mass is 35.5. The number of hydrogen-bond donors (Lipinski definition) is 1. The summed E-state index contributed by atoms with van der Waals surface area (Å²) in [5.74, 6) is -0.842. The summed E-state index contributed by atoms with van der Waals surface area (Å²) in [6.45, 7) is 6.43. The fourth-order valence-corrected chi connectivity index (χ4v) is 2.05. The molecule has 1 unspecified atom stereocenters. The van der Waals surface area contributed by atoms with E-state index in [1.54, 1.807) is 11.8 Å². The molecule has 0 radical (unpaired) electrons. The number of amides is 1. The molecule has 0 saturated heterocycles. The summed E-state index contributed by atoms with van der Waals surface area (Å²) in [7, 11) is 0. The molecule has 1 aromatic rings. The first-order chi connectivity index (χ1) is 9.38. The quantitative estimate of drug-likeness (QED) is 0.669. The maximum Gasteiger partial charge on any atom is 0.339 e. The van der Waals surface area contributed by atoms with Crippen LogP contribution in [0.15, 0.2) is 18.2 Å². The van der Waals surface area contributed by atoms with Crippen LogP contribution in [0.1, 0.15) is 31.1 Å². The van der Waals surface area contributed by atoms with Crippen LogP contribution in [0.2, 0.25) is 5.02 Å². The van der Waals surface area contributed by atoms with Crippen molar-refractivity contribution in [3.63, 3.8) is 0 Å². The predicted octanol–water partition coefficient (Wildman–Crippen LogP) is 2.34. The monoisotopic (exact) mass is 298 g/mol. The maximum absolute atomic E-state index is 12.0. The van der Waals surface area contributed by atoms with Crippen molar-refractivity contribution in [3.05, 3.63) is 28.8 Å². The third-order valence-electron chi connectivity index (χ3n) is 2.86. The summed E-state index contributed by atoms with van der Waals surface area (Å²) in [5.41, 5.74) is 6.21. The molecule has 6 heteroatoms. The fourth-order valence-electron chi connectivity index (χ4n) is 1.80. The van der Waals surface area contributed by atoms with Crippen LogP contribution < -0.4 is 5.73 Å². The number of nitrogen functional groups attached to an aromatic ring is 1. The number of carbonyl (C=O) groups is 2. The number of carbonyl (C=O) groups excluding carboxylic acids is 2. The minimum Gasteiger partial charge on any atom is -0.449 e. The van der Waals surface area contributed by atoms with Gasteiger partial charge in [-0.05, 0) is 39.0 Å². The molecule has 0 saturated carbocycles. The summed E-state index contributed by atoms with van der Waals surface area (Å²) in [5, 5.41) is 0.347. The fraction of sp³-hybridized carbons (Fsp3) is 0.429. The van der Waals surface area contributed by atoms with Crippen molar-refractivity contribution < 1.29 is 14.3 Å². The third kappa shape index (κ3) is 4.13. The van der Waals surface area contributed by atoms with Gasteiger partial charge in [-0.3, -0.25) is 4.79 Å². The molecule has 2 N–H and O–H groups in total. The number of rotatable bonds is 5. The van der Waals surface area contributed by atoms with E-state index in [1.165, 1.54) is 18.2 Å². The van der Waals surface area contributed by atoms with Gasteiger partial charge in [-0.1, -0.05) is 11.6 Å². The van der Waals surface area contributed by atoms with Crippen molar-refractivity contribution >= 4 is 29.2 Å². The van der Waals surface area contributed by atoms with E-state index in [2.05, 4.69) is 0 Å². The largest absolute Gasteiger partial charge is 0.449 e. The van der Waals surface area contributed by atoms with Crippen LogP contribution in [-0.2, 0) is 9.53 Å². The summed E-state index contributed by atoms with van der Waals surface area (Å²) < 4.78 is 5.15. The first kappa shape index (κ1) is 16.3. The predicted molar refractivity (Wildman–Crippen MR) is 78.7 cm³/mol. The number of anilines is 1. The molecule has 20 heavy (non-hydrogen) atoms. The molecule has 1 amide bonds. The van der Waals surface area contributed by atoms with Gasteiger partial charge in [0.15, 0.2) is 6.10 Å². The van der Waals surface area contributed by atoms with Crippen molar-refractivity contribution in [2.24, 2.45) is 0 Å². The number of nitrogens with two attached hydrogens (primary N) is 1. The van der Waals surface area contributed by atoms with Crippen LogP contribution >= 0.6 is 11.6 Å². The van der Waals surface area contributed by atoms with E-state index >= 15 is 0 Å². The Kier molecular flexibility index (Phi) is 5.82. The smallest absolute Gasteiger partial charge is 0.339 e. The third-order valence-corrected chi connectivity index (χ3v) is 3.08. The second kappa shape index (κ2) is 7.14. The van der Waals surface area contributed by atoms with Crippen molar-refractivity contribution in [3.8, 4) is 0 Å². The van der Waals surface area contributed by atoms with Crippen LogP contribution in [0, 0.1) is 0 Å². The zero-order valence-corrected chi connectivity index (χ0v) is 12.6.